The molecule has 290 valence electrons. The van der Waals surface area contributed by atoms with Gasteiger partial charge in [0, 0.05) is 25.2 Å². The maximum absolute atomic E-state index is 5.09. The third-order valence-electron chi connectivity index (χ3n) is 13.3. The molecule has 0 bridgehead atoms. The van der Waals surface area contributed by atoms with Gasteiger partial charge in [-0.05, 0) is 124 Å². The van der Waals surface area contributed by atoms with E-state index in [1.54, 1.807) is 0 Å². The van der Waals surface area contributed by atoms with Gasteiger partial charge in [0.1, 0.15) is 11.6 Å². The summed E-state index contributed by atoms with van der Waals surface area (Å²) >= 11 is 0. The third kappa shape index (κ3) is 5.07. The molecule has 0 N–H and O–H groups in total. The van der Waals surface area contributed by atoms with E-state index >= 15 is 0 Å². The van der Waals surface area contributed by atoms with Crippen LogP contribution in [0.25, 0.3) is 132 Å². The molecule has 4 nitrogen and oxygen atoms in total. The van der Waals surface area contributed by atoms with E-state index in [9.17, 15) is 0 Å². The summed E-state index contributed by atoms with van der Waals surface area (Å²) in [6.45, 7) is 0. The second-order valence-corrected chi connectivity index (χ2v) is 16.7. The van der Waals surface area contributed by atoms with Gasteiger partial charge in [-0.2, -0.15) is 0 Å². The highest BCUT2D eigenvalue weighted by Crippen LogP contribution is 2.48. The van der Waals surface area contributed by atoms with Gasteiger partial charge in [-0.3, -0.25) is 0 Å². The van der Waals surface area contributed by atoms with Gasteiger partial charge < -0.3 is 9.13 Å². The molecule has 11 aromatic carbocycles. The molecule has 2 aromatic heterocycles. The lowest BCUT2D eigenvalue weighted by atomic mass is 9.83. The Hall–Kier alpha value is -8.08. The summed E-state index contributed by atoms with van der Waals surface area (Å²) in [4.78, 5) is 10.2. The molecule has 13 rings (SSSR count). The third-order valence-corrected chi connectivity index (χ3v) is 13.3. The number of nitrogens with zero attached hydrogens (tertiary/aromatic N) is 4. The van der Waals surface area contributed by atoms with Gasteiger partial charge in [0.25, 0.3) is 0 Å². The zero-order valence-electron chi connectivity index (χ0n) is 34.3. The molecule has 0 aliphatic rings. The van der Waals surface area contributed by atoms with E-state index < -0.39 is 0 Å². The molecule has 0 radical (unpaired) electrons. The summed E-state index contributed by atoms with van der Waals surface area (Å²) in [5, 5.41) is 12.6. The number of aryl methyl sites for hydroxylation is 2. The summed E-state index contributed by atoms with van der Waals surface area (Å²) in [6, 6.07) is 71.0. The van der Waals surface area contributed by atoms with Crippen LogP contribution in [-0.4, -0.2) is 19.1 Å². The molecule has 0 fully saturated rings. The number of fused-ring (bicyclic) bond motifs is 4. The second-order valence-electron chi connectivity index (χ2n) is 16.7. The molecule has 4 heteroatoms. The molecular formula is C58H38N4. The average Bonchev–Trinajstić information content (AvgIpc) is 3.84. The van der Waals surface area contributed by atoms with Gasteiger partial charge in [0.15, 0.2) is 0 Å². The summed E-state index contributed by atoms with van der Waals surface area (Å²) in [5.74, 6) is 1.92. The summed E-state index contributed by atoms with van der Waals surface area (Å²) in [5.41, 5.74) is 13.6. The first kappa shape index (κ1) is 34.8. The number of imidazole rings is 2. The van der Waals surface area contributed by atoms with E-state index in [2.05, 4.69) is 217 Å². The Morgan fingerprint density at radius 2 is 0.806 bits per heavy atom. The molecule has 0 aliphatic carbocycles. The second kappa shape index (κ2) is 13.2. The Balaban J connectivity index is 1.11. The fourth-order valence-corrected chi connectivity index (χ4v) is 10.3. The van der Waals surface area contributed by atoms with Crippen molar-refractivity contribution in [2.45, 2.75) is 0 Å². The smallest absolute Gasteiger partial charge is 0.140 e. The van der Waals surface area contributed by atoms with Crippen molar-refractivity contribution in [3.05, 3.63) is 194 Å². The van der Waals surface area contributed by atoms with Crippen molar-refractivity contribution in [3.8, 4) is 56.2 Å². The predicted molar refractivity (Wildman–Crippen MR) is 261 cm³/mol. The van der Waals surface area contributed by atoms with Crippen molar-refractivity contribution in [2.75, 3.05) is 0 Å². The molecule has 0 saturated carbocycles. The fraction of sp³-hybridized carbons (Fsp3) is 0.0345. The van der Waals surface area contributed by atoms with Crippen LogP contribution in [0.3, 0.4) is 0 Å². The van der Waals surface area contributed by atoms with E-state index in [1.807, 2.05) is 0 Å². The quantitative estimate of drug-likeness (QED) is 0.129. The largest absolute Gasteiger partial charge is 0.327 e. The van der Waals surface area contributed by atoms with E-state index in [-0.39, 0.29) is 0 Å². The number of hydrogen-bond acceptors (Lipinski definition) is 2. The Morgan fingerprint density at radius 3 is 1.37 bits per heavy atom. The van der Waals surface area contributed by atoms with E-state index in [0.29, 0.717) is 0 Å². The van der Waals surface area contributed by atoms with Crippen LogP contribution in [0.5, 0.6) is 0 Å². The van der Waals surface area contributed by atoms with Crippen molar-refractivity contribution in [1.29, 1.82) is 0 Å². The molecule has 0 saturated heterocycles. The first-order valence-electron chi connectivity index (χ1n) is 21.3. The van der Waals surface area contributed by atoms with Gasteiger partial charge in [-0.25, -0.2) is 9.97 Å². The maximum Gasteiger partial charge on any atom is 0.140 e. The lowest BCUT2D eigenvalue weighted by Crippen LogP contribution is -1.94. The Bertz CT molecular complexity index is 3750. The predicted octanol–water partition coefficient (Wildman–Crippen LogP) is 15.0. The van der Waals surface area contributed by atoms with Gasteiger partial charge in [-0.15, -0.1) is 0 Å². The van der Waals surface area contributed by atoms with Crippen molar-refractivity contribution < 1.29 is 0 Å². The van der Waals surface area contributed by atoms with E-state index in [4.69, 9.17) is 9.97 Å². The van der Waals surface area contributed by atoms with Crippen LogP contribution in [0.4, 0.5) is 0 Å². The van der Waals surface area contributed by atoms with Crippen molar-refractivity contribution in [2.24, 2.45) is 14.1 Å². The Kier molecular flexibility index (Phi) is 7.40. The molecule has 0 atom stereocenters. The van der Waals surface area contributed by atoms with Crippen LogP contribution in [0, 0.1) is 0 Å². The van der Waals surface area contributed by atoms with Crippen LogP contribution in [0.1, 0.15) is 0 Å². The minimum absolute atomic E-state index is 0.962. The first-order chi connectivity index (χ1) is 30.6. The molecule has 0 aliphatic heterocycles. The standard InChI is InChI=1S/C58H38N4/c1-61-52-32-39(27-29-50(52)59-57(61)37-13-5-3-6-14-37)42-20-11-23-44-47(42)34-48-43(40-28-30-51-53(33-40)62(2)58(60-51)38-15-7-4-8-16-38)21-12-24-45(48)56(44)49-31-41-19-9-17-35-25-26-36-18-10-22-46(49)55(36)54(35)41/h3-34H,1-2H3. The van der Waals surface area contributed by atoms with E-state index in [0.717, 1.165) is 56.0 Å². The van der Waals surface area contributed by atoms with Gasteiger partial charge >= 0.3 is 0 Å². The highest BCUT2D eigenvalue weighted by molar-refractivity contribution is 6.30. The molecule has 0 spiro atoms. The Morgan fingerprint density at radius 1 is 0.323 bits per heavy atom. The average molecular weight is 791 g/mol. The van der Waals surface area contributed by atoms with E-state index in [1.165, 1.54) is 76.1 Å². The van der Waals surface area contributed by atoms with Gasteiger partial charge in [0.05, 0.1) is 22.1 Å². The first-order valence-corrected chi connectivity index (χ1v) is 21.3. The Labute approximate surface area is 357 Å². The molecule has 13 aromatic rings. The summed E-state index contributed by atoms with van der Waals surface area (Å²) < 4.78 is 4.45. The van der Waals surface area contributed by atoms with Gasteiger partial charge in [0.2, 0.25) is 0 Å². The lowest BCUT2D eigenvalue weighted by molar-refractivity contribution is 0.959. The molecule has 0 unspecified atom stereocenters. The zero-order chi connectivity index (χ0) is 41.1. The minimum atomic E-state index is 0.962. The van der Waals surface area contributed by atoms with Crippen LogP contribution in [-0.2, 0) is 14.1 Å². The molecular weight excluding hydrogens is 753 g/mol. The number of benzene rings is 11. The fourth-order valence-electron chi connectivity index (χ4n) is 10.3. The maximum atomic E-state index is 5.09. The lowest BCUT2D eigenvalue weighted by Gasteiger charge is -2.20. The highest BCUT2D eigenvalue weighted by Gasteiger charge is 2.21. The minimum Gasteiger partial charge on any atom is -0.327 e. The number of rotatable bonds is 5. The molecule has 0 amide bonds. The van der Waals surface area contributed by atoms with Crippen molar-refractivity contribution in [1.82, 2.24) is 19.1 Å². The van der Waals surface area contributed by atoms with Crippen LogP contribution >= 0.6 is 0 Å². The molecule has 62 heavy (non-hydrogen) atoms. The van der Waals surface area contributed by atoms with Crippen molar-refractivity contribution in [3.63, 3.8) is 0 Å². The van der Waals surface area contributed by atoms with Crippen molar-refractivity contribution >= 4 is 75.9 Å². The zero-order valence-corrected chi connectivity index (χ0v) is 34.3. The van der Waals surface area contributed by atoms with Crippen LogP contribution in [0.2, 0.25) is 0 Å². The number of hydrogen-bond donors (Lipinski definition) is 0. The van der Waals surface area contributed by atoms with Gasteiger partial charge in [-0.1, -0.05) is 158 Å². The normalized spacial score (nSPS) is 12.0. The number of aromatic nitrogens is 4. The molecule has 2 heterocycles. The monoisotopic (exact) mass is 790 g/mol. The van der Waals surface area contributed by atoms with Crippen LogP contribution in [0.15, 0.2) is 194 Å². The summed E-state index contributed by atoms with van der Waals surface area (Å²) in [7, 11) is 4.25. The van der Waals surface area contributed by atoms with Crippen LogP contribution < -0.4 is 0 Å². The SMILES string of the molecule is Cn1c(-c2ccccc2)nc2ccc(-c3cccc4c(-c5cc6cccc7ccc8cccc5c8c76)c5cccc(-c6ccc7nc(-c8ccccc8)n(C)c7c6)c5cc34)cc21. The highest BCUT2D eigenvalue weighted by atomic mass is 15.1. The summed E-state index contributed by atoms with van der Waals surface area (Å²) in [6.07, 6.45) is 0. The topological polar surface area (TPSA) is 35.6 Å².